The molecular weight excluding hydrogens is 252 g/mol. The SMILES string of the molecule is CCCC(CCO)CNc1cccc(OC(C)C)c1N. The predicted molar refractivity (Wildman–Crippen MR) is 85.2 cm³/mol. The molecule has 20 heavy (non-hydrogen) atoms. The Morgan fingerprint density at radius 2 is 2.05 bits per heavy atom. The van der Waals surface area contributed by atoms with E-state index in [0.29, 0.717) is 11.6 Å². The summed E-state index contributed by atoms with van der Waals surface area (Å²) >= 11 is 0. The summed E-state index contributed by atoms with van der Waals surface area (Å²) in [5.41, 5.74) is 7.69. The summed E-state index contributed by atoms with van der Waals surface area (Å²) in [5.74, 6) is 1.19. The molecule has 1 rings (SSSR count). The van der Waals surface area contributed by atoms with Crippen molar-refractivity contribution in [2.24, 2.45) is 5.92 Å². The molecule has 0 radical (unpaired) electrons. The topological polar surface area (TPSA) is 67.5 Å². The molecule has 4 N–H and O–H groups in total. The number of hydrogen-bond acceptors (Lipinski definition) is 4. The van der Waals surface area contributed by atoms with Gasteiger partial charge in [-0.15, -0.1) is 0 Å². The Kier molecular flexibility index (Phi) is 7.23. The third-order valence-corrected chi connectivity index (χ3v) is 3.24. The van der Waals surface area contributed by atoms with Crippen LogP contribution in [0.15, 0.2) is 18.2 Å². The van der Waals surface area contributed by atoms with Crippen molar-refractivity contribution in [3.05, 3.63) is 18.2 Å². The van der Waals surface area contributed by atoms with E-state index in [0.717, 1.165) is 37.2 Å². The molecule has 4 heteroatoms. The Labute approximate surface area is 122 Å². The second-order valence-corrected chi connectivity index (χ2v) is 5.43. The molecule has 0 heterocycles. The van der Waals surface area contributed by atoms with Crippen molar-refractivity contribution in [1.29, 1.82) is 0 Å². The number of aliphatic hydroxyl groups is 1. The van der Waals surface area contributed by atoms with Crippen LogP contribution in [-0.4, -0.2) is 24.4 Å². The standard InChI is InChI=1S/C16H28N2O2/c1-4-6-13(9-10-19)11-18-14-7-5-8-15(16(14)17)20-12(2)3/h5,7-8,12-13,18-19H,4,6,9-11,17H2,1-3H3. The highest BCUT2D eigenvalue weighted by molar-refractivity contribution is 5.72. The van der Waals surface area contributed by atoms with E-state index in [-0.39, 0.29) is 12.7 Å². The highest BCUT2D eigenvalue weighted by atomic mass is 16.5. The van der Waals surface area contributed by atoms with Gasteiger partial charge < -0.3 is 20.9 Å². The van der Waals surface area contributed by atoms with Gasteiger partial charge in [-0.25, -0.2) is 0 Å². The van der Waals surface area contributed by atoms with Crippen molar-refractivity contribution in [2.45, 2.75) is 46.1 Å². The summed E-state index contributed by atoms with van der Waals surface area (Å²) in [4.78, 5) is 0. The first-order chi connectivity index (χ1) is 9.58. The predicted octanol–water partition coefficient (Wildman–Crippen LogP) is 3.27. The average molecular weight is 280 g/mol. The summed E-state index contributed by atoms with van der Waals surface area (Å²) in [6.45, 7) is 7.19. The number of nitrogen functional groups attached to an aromatic ring is 1. The fourth-order valence-electron chi connectivity index (χ4n) is 2.25. The van der Waals surface area contributed by atoms with Gasteiger partial charge in [0.05, 0.1) is 17.5 Å². The molecule has 0 aromatic heterocycles. The lowest BCUT2D eigenvalue weighted by atomic mass is 10.00. The number of para-hydroxylation sites is 1. The van der Waals surface area contributed by atoms with Crippen molar-refractivity contribution in [1.82, 2.24) is 0 Å². The zero-order chi connectivity index (χ0) is 15.0. The van der Waals surface area contributed by atoms with Gasteiger partial charge in [0.1, 0.15) is 5.75 Å². The van der Waals surface area contributed by atoms with Crippen LogP contribution < -0.4 is 15.8 Å². The zero-order valence-electron chi connectivity index (χ0n) is 12.9. The third-order valence-electron chi connectivity index (χ3n) is 3.24. The molecule has 0 bridgehead atoms. The molecule has 1 unspecified atom stereocenters. The minimum atomic E-state index is 0.106. The van der Waals surface area contributed by atoms with Crippen LogP contribution in [0.25, 0.3) is 0 Å². The summed E-state index contributed by atoms with van der Waals surface area (Å²) < 4.78 is 5.68. The lowest BCUT2D eigenvalue weighted by Crippen LogP contribution is -2.17. The van der Waals surface area contributed by atoms with Crippen LogP contribution in [0.1, 0.15) is 40.0 Å². The highest BCUT2D eigenvalue weighted by Gasteiger charge is 2.10. The third kappa shape index (κ3) is 5.29. The van der Waals surface area contributed by atoms with E-state index in [1.54, 1.807) is 0 Å². The Hall–Kier alpha value is -1.42. The number of hydrogen-bond donors (Lipinski definition) is 3. The molecule has 1 aromatic rings. The number of nitrogens with two attached hydrogens (primary N) is 1. The quantitative estimate of drug-likeness (QED) is 0.607. The Morgan fingerprint density at radius 1 is 1.30 bits per heavy atom. The fourth-order valence-corrected chi connectivity index (χ4v) is 2.25. The average Bonchev–Trinajstić information content (AvgIpc) is 2.39. The first-order valence-electron chi connectivity index (χ1n) is 7.48. The minimum absolute atomic E-state index is 0.106. The van der Waals surface area contributed by atoms with E-state index in [4.69, 9.17) is 15.6 Å². The minimum Gasteiger partial charge on any atom is -0.489 e. The van der Waals surface area contributed by atoms with Crippen LogP contribution in [-0.2, 0) is 0 Å². The molecule has 0 fully saturated rings. The van der Waals surface area contributed by atoms with Gasteiger partial charge in [-0.1, -0.05) is 19.4 Å². The van der Waals surface area contributed by atoms with Gasteiger partial charge in [0, 0.05) is 13.2 Å². The van der Waals surface area contributed by atoms with E-state index in [1.165, 1.54) is 0 Å². The Balaban J connectivity index is 2.67. The Morgan fingerprint density at radius 3 is 2.65 bits per heavy atom. The van der Waals surface area contributed by atoms with E-state index in [2.05, 4.69) is 12.2 Å². The van der Waals surface area contributed by atoms with Crippen molar-refractivity contribution >= 4 is 11.4 Å². The van der Waals surface area contributed by atoms with Crippen molar-refractivity contribution in [3.8, 4) is 5.75 Å². The van der Waals surface area contributed by atoms with Crippen LogP contribution in [0, 0.1) is 5.92 Å². The van der Waals surface area contributed by atoms with Gasteiger partial charge >= 0.3 is 0 Å². The summed E-state index contributed by atoms with van der Waals surface area (Å²) in [6, 6.07) is 5.79. The zero-order valence-corrected chi connectivity index (χ0v) is 12.9. The molecule has 4 nitrogen and oxygen atoms in total. The number of aliphatic hydroxyl groups excluding tert-OH is 1. The maximum atomic E-state index is 9.09. The van der Waals surface area contributed by atoms with Gasteiger partial charge in [0.2, 0.25) is 0 Å². The summed E-state index contributed by atoms with van der Waals surface area (Å²) in [7, 11) is 0. The Bertz CT molecular complexity index is 388. The van der Waals surface area contributed by atoms with E-state index < -0.39 is 0 Å². The summed E-state index contributed by atoms with van der Waals surface area (Å²) in [5, 5.41) is 12.5. The van der Waals surface area contributed by atoms with E-state index in [1.807, 2.05) is 32.0 Å². The molecule has 0 spiro atoms. The molecule has 0 saturated heterocycles. The van der Waals surface area contributed by atoms with Gasteiger partial charge in [-0.3, -0.25) is 0 Å². The lowest BCUT2D eigenvalue weighted by Gasteiger charge is -2.19. The van der Waals surface area contributed by atoms with Crippen molar-refractivity contribution in [3.63, 3.8) is 0 Å². The van der Waals surface area contributed by atoms with Gasteiger partial charge in [-0.05, 0) is 44.7 Å². The first kappa shape index (κ1) is 16.6. The second kappa shape index (κ2) is 8.69. The molecular formula is C16H28N2O2. The monoisotopic (exact) mass is 280 g/mol. The largest absolute Gasteiger partial charge is 0.489 e. The molecule has 0 saturated carbocycles. The molecule has 0 amide bonds. The van der Waals surface area contributed by atoms with Crippen LogP contribution in [0.5, 0.6) is 5.75 Å². The van der Waals surface area contributed by atoms with Crippen molar-refractivity contribution < 1.29 is 9.84 Å². The normalized spacial score (nSPS) is 12.4. The molecule has 0 aliphatic heterocycles. The van der Waals surface area contributed by atoms with Crippen LogP contribution in [0.3, 0.4) is 0 Å². The maximum absolute atomic E-state index is 9.09. The van der Waals surface area contributed by atoms with E-state index >= 15 is 0 Å². The lowest BCUT2D eigenvalue weighted by molar-refractivity contribution is 0.244. The summed E-state index contributed by atoms with van der Waals surface area (Å²) in [6.07, 6.45) is 3.16. The number of rotatable bonds is 9. The van der Waals surface area contributed by atoms with Crippen LogP contribution in [0.4, 0.5) is 11.4 Å². The smallest absolute Gasteiger partial charge is 0.144 e. The number of benzene rings is 1. The van der Waals surface area contributed by atoms with Crippen LogP contribution in [0.2, 0.25) is 0 Å². The second-order valence-electron chi connectivity index (χ2n) is 5.43. The first-order valence-corrected chi connectivity index (χ1v) is 7.48. The molecule has 114 valence electrons. The highest BCUT2D eigenvalue weighted by Crippen LogP contribution is 2.30. The number of ether oxygens (including phenoxy) is 1. The van der Waals surface area contributed by atoms with Crippen molar-refractivity contribution in [2.75, 3.05) is 24.2 Å². The van der Waals surface area contributed by atoms with Crippen LogP contribution >= 0.6 is 0 Å². The van der Waals surface area contributed by atoms with E-state index in [9.17, 15) is 0 Å². The molecule has 0 aliphatic rings. The number of anilines is 2. The van der Waals surface area contributed by atoms with Gasteiger partial charge in [0.15, 0.2) is 0 Å². The number of nitrogens with one attached hydrogen (secondary N) is 1. The molecule has 1 atom stereocenters. The molecule has 0 aliphatic carbocycles. The van der Waals surface area contributed by atoms with Gasteiger partial charge in [-0.2, -0.15) is 0 Å². The maximum Gasteiger partial charge on any atom is 0.144 e. The molecule has 1 aromatic carbocycles. The van der Waals surface area contributed by atoms with Gasteiger partial charge in [0.25, 0.3) is 0 Å². The fraction of sp³-hybridized carbons (Fsp3) is 0.625.